The molecule has 5 nitrogen and oxygen atoms in total. The van der Waals surface area contributed by atoms with Crippen LogP contribution in [0.2, 0.25) is 5.02 Å². The first-order valence-electron chi connectivity index (χ1n) is 8.24. The lowest BCUT2D eigenvalue weighted by Gasteiger charge is -2.19. The molecule has 24 heavy (non-hydrogen) atoms. The quantitative estimate of drug-likeness (QED) is 0.615. The monoisotopic (exact) mass is 348 g/mol. The molecule has 1 aromatic heterocycles. The van der Waals surface area contributed by atoms with Crippen LogP contribution in [0.3, 0.4) is 0 Å². The van der Waals surface area contributed by atoms with E-state index in [4.69, 9.17) is 16.1 Å². The third kappa shape index (κ3) is 4.74. The zero-order valence-corrected chi connectivity index (χ0v) is 15.4. The van der Waals surface area contributed by atoms with Crippen LogP contribution in [0.4, 0.5) is 0 Å². The van der Waals surface area contributed by atoms with Gasteiger partial charge in [0.1, 0.15) is 5.76 Å². The number of benzene rings is 1. The van der Waals surface area contributed by atoms with E-state index in [0.29, 0.717) is 6.54 Å². The van der Waals surface area contributed by atoms with Gasteiger partial charge in [0.15, 0.2) is 5.96 Å². The number of aromatic nitrogens is 1. The van der Waals surface area contributed by atoms with Gasteiger partial charge in [-0.1, -0.05) is 35.0 Å². The molecule has 2 aromatic rings. The number of halogens is 1. The largest absolute Gasteiger partial charge is 0.361 e. The maximum Gasteiger partial charge on any atom is 0.191 e. The molecule has 130 valence electrons. The fraction of sp³-hybridized carbons (Fsp3) is 0.444. The first-order valence-corrected chi connectivity index (χ1v) is 8.61. The van der Waals surface area contributed by atoms with Gasteiger partial charge in [-0.15, -0.1) is 0 Å². The molecule has 0 aliphatic rings. The maximum absolute atomic E-state index is 6.27. The van der Waals surface area contributed by atoms with Crippen LogP contribution in [0.25, 0.3) is 0 Å². The highest BCUT2D eigenvalue weighted by Gasteiger charge is 2.11. The van der Waals surface area contributed by atoms with Crippen LogP contribution in [-0.2, 0) is 6.42 Å². The van der Waals surface area contributed by atoms with E-state index in [0.717, 1.165) is 46.5 Å². The number of nitrogens with one attached hydrogen (secondary N) is 2. The Hall–Kier alpha value is -2.01. The van der Waals surface area contributed by atoms with Gasteiger partial charge in [-0.3, -0.25) is 4.99 Å². The number of guanidine groups is 1. The molecule has 0 amide bonds. The Balaban J connectivity index is 2.02. The molecule has 1 heterocycles. The van der Waals surface area contributed by atoms with Crippen molar-refractivity contribution in [2.75, 3.05) is 13.1 Å². The summed E-state index contributed by atoms with van der Waals surface area (Å²) in [6.07, 6.45) is 0.804. The van der Waals surface area contributed by atoms with Gasteiger partial charge in [0.25, 0.3) is 0 Å². The Bertz CT molecular complexity index is 677. The summed E-state index contributed by atoms with van der Waals surface area (Å²) < 4.78 is 5.19. The average Bonchev–Trinajstić information content (AvgIpc) is 2.87. The molecule has 0 saturated carbocycles. The smallest absolute Gasteiger partial charge is 0.191 e. The Morgan fingerprint density at radius 2 is 2.08 bits per heavy atom. The van der Waals surface area contributed by atoms with Crippen molar-refractivity contribution in [1.29, 1.82) is 0 Å². The Labute approximate surface area is 148 Å². The van der Waals surface area contributed by atoms with Crippen molar-refractivity contribution >= 4 is 17.6 Å². The van der Waals surface area contributed by atoms with Gasteiger partial charge in [0, 0.05) is 23.7 Å². The molecule has 0 aliphatic carbocycles. The van der Waals surface area contributed by atoms with E-state index in [2.05, 4.69) is 27.7 Å². The molecule has 0 radical (unpaired) electrons. The van der Waals surface area contributed by atoms with Crippen molar-refractivity contribution in [2.45, 2.75) is 40.2 Å². The summed E-state index contributed by atoms with van der Waals surface area (Å²) in [4.78, 5) is 4.65. The number of hydrogen-bond donors (Lipinski definition) is 2. The Morgan fingerprint density at radius 1 is 1.33 bits per heavy atom. The molecule has 2 N–H and O–H groups in total. The van der Waals surface area contributed by atoms with Crippen molar-refractivity contribution in [3.8, 4) is 0 Å². The number of rotatable bonds is 6. The standard InChI is InChI=1S/C18H25ClN4O/c1-5-20-18(21-11-10-15-13(3)23-24-14(15)4)22-12(2)16-8-6-7-9-17(16)19/h6-9,12H,5,10-11H2,1-4H3,(H2,20,21,22). The molecule has 6 heteroatoms. The third-order valence-corrected chi connectivity index (χ3v) is 4.23. The average molecular weight is 349 g/mol. The van der Waals surface area contributed by atoms with Crippen LogP contribution < -0.4 is 10.6 Å². The third-order valence-electron chi connectivity index (χ3n) is 3.88. The second-order valence-electron chi connectivity index (χ2n) is 5.70. The highest BCUT2D eigenvalue weighted by Crippen LogP contribution is 2.22. The summed E-state index contributed by atoms with van der Waals surface area (Å²) in [6, 6.07) is 7.91. The van der Waals surface area contributed by atoms with Crippen LogP contribution in [0, 0.1) is 13.8 Å². The molecule has 0 spiro atoms. The SMILES string of the molecule is CCNC(=NCCc1c(C)noc1C)NC(C)c1ccccc1Cl. The summed E-state index contributed by atoms with van der Waals surface area (Å²) in [5.41, 5.74) is 3.12. The summed E-state index contributed by atoms with van der Waals surface area (Å²) in [7, 11) is 0. The van der Waals surface area contributed by atoms with Gasteiger partial charge in [-0.2, -0.15) is 0 Å². The molecular weight excluding hydrogens is 324 g/mol. The zero-order chi connectivity index (χ0) is 17.5. The van der Waals surface area contributed by atoms with E-state index in [1.165, 1.54) is 0 Å². The second kappa shape index (κ2) is 8.73. The highest BCUT2D eigenvalue weighted by molar-refractivity contribution is 6.31. The molecule has 2 rings (SSSR count). The molecule has 1 atom stereocenters. The van der Waals surface area contributed by atoms with Gasteiger partial charge in [-0.05, 0) is 45.7 Å². The van der Waals surface area contributed by atoms with Crippen molar-refractivity contribution in [1.82, 2.24) is 15.8 Å². The van der Waals surface area contributed by atoms with Crippen LogP contribution in [0.5, 0.6) is 0 Å². The fourth-order valence-corrected chi connectivity index (χ4v) is 2.87. The zero-order valence-electron chi connectivity index (χ0n) is 14.7. The van der Waals surface area contributed by atoms with E-state index < -0.39 is 0 Å². The van der Waals surface area contributed by atoms with Crippen molar-refractivity contribution in [3.63, 3.8) is 0 Å². The lowest BCUT2D eigenvalue weighted by atomic mass is 10.1. The van der Waals surface area contributed by atoms with Gasteiger partial charge in [0.05, 0.1) is 11.7 Å². The molecule has 1 unspecified atom stereocenters. The minimum atomic E-state index is 0.0653. The summed E-state index contributed by atoms with van der Waals surface area (Å²) in [6.45, 7) is 9.47. The van der Waals surface area contributed by atoms with E-state index in [1.807, 2.05) is 45.0 Å². The summed E-state index contributed by atoms with van der Waals surface area (Å²) in [5, 5.41) is 11.4. The lowest BCUT2D eigenvalue weighted by Crippen LogP contribution is -2.39. The van der Waals surface area contributed by atoms with Crippen molar-refractivity contribution in [3.05, 3.63) is 51.9 Å². The molecule has 1 aromatic carbocycles. The molecule has 0 aliphatic heterocycles. The normalized spacial score (nSPS) is 13.0. The maximum atomic E-state index is 6.27. The van der Waals surface area contributed by atoms with Gasteiger partial charge < -0.3 is 15.2 Å². The highest BCUT2D eigenvalue weighted by atomic mass is 35.5. The Kier molecular flexibility index (Phi) is 6.67. The van der Waals surface area contributed by atoms with E-state index >= 15 is 0 Å². The van der Waals surface area contributed by atoms with Crippen molar-refractivity contribution < 1.29 is 4.52 Å². The van der Waals surface area contributed by atoms with Gasteiger partial charge in [-0.25, -0.2) is 0 Å². The summed E-state index contributed by atoms with van der Waals surface area (Å²) >= 11 is 6.27. The van der Waals surface area contributed by atoms with Gasteiger partial charge >= 0.3 is 0 Å². The number of aliphatic imine (C=N–C) groups is 1. The Morgan fingerprint density at radius 3 is 2.71 bits per heavy atom. The van der Waals surface area contributed by atoms with E-state index in [1.54, 1.807) is 0 Å². The molecular formula is C18H25ClN4O. The minimum absolute atomic E-state index is 0.0653. The number of hydrogen-bond acceptors (Lipinski definition) is 3. The summed E-state index contributed by atoms with van der Waals surface area (Å²) in [5.74, 6) is 1.64. The predicted molar refractivity (Wildman–Crippen MR) is 98.7 cm³/mol. The number of nitrogens with zero attached hydrogens (tertiary/aromatic N) is 2. The minimum Gasteiger partial charge on any atom is -0.361 e. The second-order valence-corrected chi connectivity index (χ2v) is 6.11. The van der Waals surface area contributed by atoms with Crippen LogP contribution in [0.15, 0.2) is 33.8 Å². The molecule has 0 bridgehead atoms. The van der Waals surface area contributed by atoms with Crippen LogP contribution >= 0.6 is 11.6 Å². The lowest BCUT2D eigenvalue weighted by molar-refractivity contribution is 0.392. The molecule has 0 fully saturated rings. The first kappa shape index (κ1) is 18.3. The van der Waals surface area contributed by atoms with Crippen LogP contribution in [-0.4, -0.2) is 24.2 Å². The number of aryl methyl sites for hydroxylation is 2. The fourth-order valence-electron chi connectivity index (χ4n) is 2.57. The molecule has 0 saturated heterocycles. The first-order chi connectivity index (χ1) is 11.5. The predicted octanol–water partition coefficient (Wildman–Crippen LogP) is 3.80. The van der Waals surface area contributed by atoms with E-state index in [9.17, 15) is 0 Å². The van der Waals surface area contributed by atoms with Crippen molar-refractivity contribution in [2.24, 2.45) is 4.99 Å². The van der Waals surface area contributed by atoms with E-state index in [-0.39, 0.29) is 6.04 Å². The van der Waals surface area contributed by atoms with Gasteiger partial charge in [0.2, 0.25) is 0 Å². The van der Waals surface area contributed by atoms with Crippen LogP contribution in [0.1, 0.15) is 42.5 Å². The topological polar surface area (TPSA) is 62.5 Å².